The Labute approximate surface area is 121 Å². The fourth-order valence-corrected chi connectivity index (χ4v) is 1.92. The van der Waals surface area contributed by atoms with Crippen molar-refractivity contribution in [1.82, 2.24) is 9.97 Å². The molecule has 0 bridgehead atoms. The molecule has 21 heavy (non-hydrogen) atoms. The third kappa shape index (κ3) is 3.27. The fourth-order valence-electron chi connectivity index (χ4n) is 1.92. The Morgan fingerprint density at radius 2 is 1.95 bits per heavy atom. The normalized spacial score (nSPS) is 10.1. The van der Waals surface area contributed by atoms with Crippen molar-refractivity contribution in [2.24, 2.45) is 0 Å². The first-order valence-corrected chi connectivity index (χ1v) is 6.44. The van der Waals surface area contributed by atoms with Crippen molar-refractivity contribution in [2.75, 3.05) is 5.32 Å². The van der Waals surface area contributed by atoms with E-state index in [0.29, 0.717) is 11.4 Å². The Balaban J connectivity index is 1.70. The number of aromatic amines is 1. The summed E-state index contributed by atoms with van der Waals surface area (Å²) in [5.41, 5.74) is 2.48. The molecule has 5 heteroatoms. The highest BCUT2D eigenvalue weighted by Crippen LogP contribution is 2.20. The van der Waals surface area contributed by atoms with Crippen molar-refractivity contribution < 1.29 is 9.53 Å². The summed E-state index contributed by atoms with van der Waals surface area (Å²) < 4.78 is 5.18. The number of H-pyrrole nitrogens is 1. The quantitative estimate of drug-likeness (QED) is 0.768. The van der Waals surface area contributed by atoms with Gasteiger partial charge in [0.2, 0.25) is 0 Å². The molecule has 0 radical (unpaired) electrons. The number of anilines is 1. The van der Waals surface area contributed by atoms with E-state index in [1.807, 2.05) is 36.4 Å². The van der Waals surface area contributed by atoms with Crippen molar-refractivity contribution in [3.63, 3.8) is 0 Å². The maximum Gasteiger partial charge on any atom is 0.417 e. The van der Waals surface area contributed by atoms with Crippen LogP contribution >= 0.6 is 0 Å². The van der Waals surface area contributed by atoms with Crippen LogP contribution in [0.2, 0.25) is 0 Å². The lowest BCUT2D eigenvalue weighted by atomic mass is 10.1. The second kappa shape index (κ2) is 5.92. The summed E-state index contributed by atoms with van der Waals surface area (Å²) in [6.07, 6.45) is 2.81. The topological polar surface area (TPSA) is 67.0 Å². The lowest BCUT2D eigenvalue weighted by Crippen LogP contribution is -2.16. The standard InChI is InChI=1S/C16H13N3O2/c20-16(21-14-7-2-1-3-8-14)19-13-6-4-5-12(9-13)15-10-17-11-18-15/h1-11H,(H,17,18)(H,19,20). The minimum atomic E-state index is -0.525. The van der Waals surface area contributed by atoms with Gasteiger partial charge in [-0.2, -0.15) is 0 Å². The maximum atomic E-state index is 11.8. The molecule has 0 unspecified atom stereocenters. The highest BCUT2D eigenvalue weighted by atomic mass is 16.6. The molecule has 3 aromatic rings. The Hall–Kier alpha value is -3.08. The molecule has 5 nitrogen and oxygen atoms in total. The van der Waals surface area contributed by atoms with Gasteiger partial charge in [0.05, 0.1) is 18.2 Å². The summed E-state index contributed by atoms with van der Waals surface area (Å²) in [6.45, 7) is 0. The molecule has 2 N–H and O–H groups in total. The molecule has 0 aliphatic carbocycles. The van der Waals surface area contributed by atoms with Crippen LogP contribution in [0.25, 0.3) is 11.3 Å². The number of benzene rings is 2. The lowest BCUT2D eigenvalue weighted by Gasteiger charge is -2.07. The van der Waals surface area contributed by atoms with Gasteiger partial charge in [0.25, 0.3) is 0 Å². The van der Waals surface area contributed by atoms with Gasteiger partial charge in [-0.25, -0.2) is 9.78 Å². The molecule has 1 heterocycles. The van der Waals surface area contributed by atoms with Crippen molar-refractivity contribution in [2.45, 2.75) is 0 Å². The predicted octanol–water partition coefficient (Wildman–Crippen LogP) is 3.69. The molecule has 0 fully saturated rings. The number of nitrogens with zero attached hydrogens (tertiary/aromatic N) is 1. The van der Waals surface area contributed by atoms with Gasteiger partial charge < -0.3 is 9.72 Å². The van der Waals surface area contributed by atoms with Gasteiger partial charge in [-0.3, -0.25) is 5.32 Å². The zero-order valence-corrected chi connectivity index (χ0v) is 11.1. The molecule has 0 saturated heterocycles. The molecule has 1 amide bonds. The zero-order chi connectivity index (χ0) is 14.5. The maximum absolute atomic E-state index is 11.8. The monoisotopic (exact) mass is 279 g/mol. The first kappa shape index (κ1) is 12.9. The molecule has 0 spiro atoms. The molecular weight excluding hydrogens is 266 g/mol. The van der Waals surface area contributed by atoms with Crippen LogP contribution in [0.4, 0.5) is 10.5 Å². The van der Waals surface area contributed by atoms with Crippen LogP contribution in [0.3, 0.4) is 0 Å². The van der Waals surface area contributed by atoms with Gasteiger partial charge >= 0.3 is 6.09 Å². The third-order valence-electron chi connectivity index (χ3n) is 2.87. The second-order valence-electron chi connectivity index (χ2n) is 4.37. The number of ether oxygens (including phenoxy) is 1. The van der Waals surface area contributed by atoms with Gasteiger partial charge in [0.1, 0.15) is 5.75 Å². The average Bonchev–Trinajstić information content (AvgIpc) is 3.02. The molecular formula is C16H13N3O2. The number of imidazole rings is 1. The van der Waals surface area contributed by atoms with Crippen LogP contribution in [0.5, 0.6) is 5.75 Å². The second-order valence-corrected chi connectivity index (χ2v) is 4.37. The highest BCUT2D eigenvalue weighted by Gasteiger charge is 2.06. The van der Waals surface area contributed by atoms with E-state index in [-0.39, 0.29) is 0 Å². The number of carbonyl (C=O) groups is 1. The van der Waals surface area contributed by atoms with E-state index in [2.05, 4.69) is 15.3 Å². The fraction of sp³-hybridized carbons (Fsp3) is 0. The number of carbonyl (C=O) groups excluding carboxylic acids is 1. The van der Waals surface area contributed by atoms with E-state index >= 15 is 0 Å². The molecule has 0 aliphatic heterocycles. The van der Waals surface area contributed by atoms with Gasteiger partial charge in [-0.15, -0.1) is 0 Å². The number of para-hydroxylation sites is 1. The van der Waals surface area contributed by atoms with Gasteiger partial charge in [0, 0.05) is 11.3 Å². The van der Waals surface area contributed by atoms with Crippen molar-refractivity contribution in [3.8, 4) is 17.0 Å². The highest BCUT2D eigenvalue weighted by molar-refractivity contribution is 5.87. The zero-order valence-electron chi connectivity index (χ0n) is 11.1. The summed E-state index contributed by atoms with van der Waals surface area (Å²) >= 11 is 0. The predicted molar refractivity (Wildman–Crippen MR) is 80.1 cm³/mol. The lowest BCUT2D eigenvalue weighted by molar-refractivity contribution is 0.215. The van der Waals surface area contributed by atoms with Crippen molar-refractivity contribution in [1.29, 1.82) is 0 Å². The summed E-state index contributed by atoms with van der Waals surface area (Å²) in [7, 11) is 0. The number of nitrogens with one attached hydrogen (secondary N) is 2. The van der Waals surface area contributed by atoms with E-state index in [4.69, 9.17) is 4.74 Å². The first-order valence-electron chi connectivity index (χ1n) is 6.44. The summed E-state index contributed by atoms with van der Waals surface area (Å²) in [5.74, 6) is 0.500. The van der Waals surface area contributed by atoms with E-state index in [0.717, 1.165) is 11.3 Å². The van der Waals surface area contributed by atoms with Crippen LogP contribution in [-0.2, 0) is 0 Å². The number of hydrogen-bond donors (Lipinski definition) is 2. The Morgan fingerprint density at radius 3 is 2.71 bits per heavy atom. The minimum absolute atomic E-state index is 0.500. The summed E-state index contributed by atoms with van der Waals surface area (Å²) in [5, 5.41) is 2.70. The van der Waals surface area contributed by atoms with E-state index in [9.17, 15) is 4.79 Å². The van der Waals surface area contributed by atoms with E-state index in [1.165, 1.54) is 0 Å². The molecule has 2 aromatic carbocycles. The SMILES string of the molecule is O=C(Nc1cccc(-c2cnc[nH]2)c1)Oc1ccccc1. The molecule has 3 rings (SSSR count). The third-order valence-corrected chi connectivity index (χ3v) is 2.87. The van der Waals surface area contributed by atoms with E-state index in [1.54, 1.807) is 30.7 Å². The molecule has 104 valence electrons. The van der Waals surface area contributed by atoms with Gasteiger partial charge in [-0.1, -0.05) is 30.3 Å². The minimum Gasteiger partial charge on any atom is -0.410 e. The molecule has 0 saturated carbocycles. The van der Waals surface area contributed by atoms with E-state index < -0.39 is 6.09 Å². The number of amides is 1. The largest absolute Gasteiger partial charge is 0.417 e. The van der Waals surface area contributed by atoms with Crippen LogP contribution < -0.4 is 10.1 Å². The number of aromatic nitrogens is 2. The van der Waals surface area contributed by atoms with Gasteiger partial charge in [0.15, 0.2) is 0 Å². The molecule has 0 aliphatic rings. The first-order chi connectivity index (χ1) is 10.3. The van der Waals surface area contributed by atoms with Crippen LogP contribution in [0.1, 0.15) is 0 Å². The van der Waals surface area contributed by atoms with Crippen LogP contribution in [-0.4, -0.2) is 16.1 Å². The number of rotatable bonds is 3. The molecule has 0 atom stereocenters. The van der Waals surface area contributed by atoms with Crippen molar-refractivity contribution in [3.05, 3.63) is 67.1 Å². The van der Waals surface area contributed by atoms with Crippen LogP contribution in [0, 0.1) is 0 Å². The average molecular weight is 279 g/mol. The van der Waals surface area contributed by atoms with Crippen LogP contribution in [0.15, 0.2) is 67.1 Å². The van der Waals surface area contributed by atoms with Gasteiger partial charge in [-0.05, 0) is 24.3 Å². The summed E-state index contributed by atoms with van der Waals surface area (Å²) in [4.78, 5) is 18.8. The van der Waals surface area contributed by atoms with Crippen molar-refractivity contribution >= 4 is 11.8 Å². The Bertz CT molecular complexity index is 724. The Morgan fingerprint density at radius 1 is 1.10 bits per heavy atom. The molecule has 1 aromatic heterocycles. The summed E-state index contributed by atoms with van der Waals surface area (Å²) in [6, 6.07) is 16.4. The number of hydrogen-bond acceptors (Lipinski definition) is 3. The smallest absolute Gasteiger partial charge is 0.410 e. The Kier molecular flexibility index (Phi) is 3.64.